The molecule has 0 radical (unpaired) electrons. The first-order valence-corrected chi connectivity index (χ1v) is 7.51. The molecule has 0 saturated carbocycles. The number of likely N-dealkylation sites (N-methyl/N-ethyl adjacent to an activating group) is 1. The van der Waals surface area contributed by atoms with Gasteiger partial charge in [0.15, 0.2) is 0 Å². The molecule has 6 nitrogen and oxygen atoms in total. The lowest BCUT2D eigenvalue weighted by Crippen LogP contribution is -2.54. The molecule has 0 amide bonds. The largest absolute Gasteiger partial charge is 0.374 e. The predicted molar refractivity (Wildman–Crippen MR) is 79.3 cm³/mol. The zero-order chi connectivity index (χ0) is 14.5. The number of aryl methyl sites for hydroxylation is 2. The van der Waals surface area contributed by atoms with E-state index in [9.17, 15) is 0 Å². The molecular weight excluding hydrogens is 254 g/mol. The number of nitrogens with two attached hydrogens (primary N) is 1. The smallest absolute Gasteiger partial charge is 0.0872 e. The van der Waals surface area contributed by atoms with Gasteiger partial charge in [-0.2, -0.15) is 5.10 Å². The molecule has 0 aliphatic carbocycles. The maximum Gasteiger partial charge on any atom is 0.0872 e. The number of hydrogen-bond acceptors (Lipinski definition) is 5. The van der Waals surface area contributed by atoms with Crippen molar-refractivity contribution in [1.29, 1.82) is 0 Å². The summed E-state index contributed by atoms with van der Waals surface area (Å²) in [7, 11) is 0. The molecule has 1 saturated heterocycles. The summed E-state index contributed by atoms with van der Waals surface area (Å²) in [5.74, 6) is 5.76. The van der Waals surface area contributed by atoms with Gasteiger partial charge in [0.1, 0.15) is 0 Å². The zero-order valence-corrected chi connectivity index (χ0v) is 12.8. The van der Waals surface area contributed by atoms with Gasteiger partial charge in [0, 0.05) is 31.7 Å². The monoisotopic (exact) mass is 281 g/mol. The summed E-state index contributed by atoms with van der Waals surface area (Å²) in [6, 6.07) is 2.25. The summed E-state index contributed by atoms with van der Waals surface area (Å²) < 4.78 is 7.94. The highest BCUT2D eigenvalue weighted by molar-refractivity contribution is 5.11. The van der Waals surface area contributed by atoms with Crippen molar-refractivity contribution in [3.8, 4) is 0 Å². The molecule has 2 unspecified atom stereocenters. The van der Waals surface area contributed by atoms with Crippen LogP contribution >= 0.6 is 0 Å². The molecule has 1 aromatic heterocycles. The third-order valence-corrected chi connectivity index (χ3v) is 4.00. The van der Waals surface area contributed by atoms with E-state index in [-0.39, 0.29) is 12.1 Å². The number of nitrogens with zero attached hydrogens (tertiary/aromatic N) is 3. The number of morpholine rings is 1. The third kappa shape index (κ3) is 3.58. The fraction of sp³-hybridized carbons (Fsp3) is 0.786. The molecule has 114 valence electrons. The highest BCUT2D eigenvalue weighted by Gasteiger charge is 2.28. The minimum atomic E-state index is 0.116. The van der Waals surface area contributed by atoms with Crippen molar-refractivity contribution in [2.75, 3.05) is 26.2 Å². The Balaban J connectivity index is 2.04. The van der Waals surface area contributed by atoms with E-state index in [2.05, 4.69) is 35.3 Å². The molecule has 6 heteroatoms. The zero-order valence-electron chi connectivity index (χ0n) is 12.8. The van der Waals surface area contributed by atoms with Crippen LogP contribution in [0.15, 0.2) is 6.07 Å². The molecule has 2 heterocycles. The summed E-state index contributed by atoms with van der Waals surface area (Å²) in [6.07, 6.45) is 0.974. The standard InChI is InChI=1S/C14H27N5O/c1-4-18-6-7-20-14(10-18)13(16-15)9-12-8-11(3)17-19(12)5-2/h8,13-14,16H,4-7,9-10,15H2,1-3H3. The van der Waals surface area contributed by atoms with Gasteiger partial charge in [-0.1, -0.05) is 6.92 Å². The van der Waals surface area contributed by atoms with Gasteiger partial charge in [-0.25, -0.2) is 0 Å². The average Bonchev–Trinajstić information content (AvgIpc) is 2.84. The van der Waals surface area contributed by atoms with Crippen LogP contribution in [0.5, 0.6) is 0 Å². The van der Waals surface area contributed by atoms with E-state index in [0.29, 0.717) is 0 Å². The van der Waals surface area contributed by atoms with E-state index in [1.165, 1.54) is 5.69 Å². The second-order valence-corrected chi connectivity index (χ2v) is 5.37. The quantitative estimate of drug-likeness (QED) is 0.580. The molecule has 1 aliphatic rings. The Labute approximate surface area is 121 Å². The minimum Gasteiger partial charge on any atom is -0.374 e. The van der Waals surface area contributed by atoms with Crippen molar-refractivity contribution in [3.63, 3.8) is 0 Å². The number of nitrogens with one attached hydrogen (secondary N) is 1. The Morgan fingerprint density at radius 2 is 2.30 bits per heavy atom. The second kappa shape index (κ2) is 7.17. The highest BCUT2D eigenvalue weighted by atomic mass is 16.5. The SMILES string of the molecule is CCN1CCOC(C(Cc2cc(C)nn2CC)NN)C1. The van der Waals surface area contributed by atoms with Crippen LogP contribution in [-0.2, 0) is 17.7 Å². The van der Waals surface area contributed by atoms with Gasteiger partial charge in [0.2, 0.25) is 0 Å². The number of rotatable bonds is 6. The molecule has 2 rings (SSSR count). The van der Waals surface area contributed by atoms with Crippen molar-refractivity contribution in [2.24, 2.45) is 5.84 Å². The molecule has 3 N–H and O–H groups in total. The fourth-order valence-corrected chi connectivity index (χ4v) is 2.82. The maximum atomic E-state index is 5.90. The van der Waals surface area contributed by atoms with Crippen LogP contribution in [-0.4, -0.2) is 53.1 Å². The summed E-state index contributed by atoms with van der Waals surface area (Å²) >= 11 is 0. The average molecular weight is 281 g/mol. The highest BCUT2D eigenvalue weighted by Crippen LogP contribution is 2.14. The van der Waals surface area contributed by atoms with E-state index in [1.54, 1.807) is 0 Å². The van der Waals surface area contributed by atoms with E-state index in [4.69, 9.17) is 10.6 Å². The molecular formula is C14H27N5O. The molecule has 0 spiro atoms. The second-order valence-electron chi connectivity index (χ2n) is 5.37. The molecule has 0 bridgehead atoms. The van der Waals surface area contributed by atoms with Gasteiger partial charge in [0.05, 0.1) is 24.4 Å². The molecule has 2 atom stereocenters. The third-order valence-electron chi connectivity index (χ3n) is 4.00. The van der Waals surface area contributed by atoms with E-state index >= 15 is 0 Å². The summed E-state index contributed by atoms with van der Waals surface area (Å²) in [5.41, 5.74) is 5.20. The first-order chi connectivity index (χ1) is 9.67. The Kier molecular flexibility index (Phi) is 5.54. The predicted octanol–water partition coefficient (Wildman–Crippen LogP) is 0.307. The van der Waals surface area contributed by atoms with Crippen molar-refractivity contribution in [2.45, 2.75) is 45.9 Å². The van der Waals surface area contributed by atoms with E-state index in [1.807, 2.05) is 11.6 Å². The van der Waals surface area contributed by atoms with Gasteiger partial charge in [0.25, 0.3) is 0 Å². The number of hydrogen-bond donors (Lipinski definition) is 2. The number of hydrazine groups is 1. The number of ether oxygens (including phenoxy) is 1. The summed E-state index contributed by atoms with van der Waals surface area (Å²) in [5, 5.41) is 4.49. The van der Waals surface area contributed by atoms with E-state index < -0.39 is 0 Å². The first-order valence-electron chi connectivity index (χ1n) is 7.51. The lowest BCUT2D eigenvalue weighted by atomic mass is 10.0. The molecule has 0 aromatic carbocycles. The van der Waals surface area contributed by atoms with Crippen LogP contribution in [0.1, 0.15) is 25.2 Å². The van der Waals surface area contributed by atoms with Crippen LogP contribution in [0.4, 0.5) is 0 Å². The Morgan fingerprint density at radius 3 is 2.95 bits per heavy atom. The fourth-order valence-electron chi connectivity index (χ4n) is 2.82. The van der Waals surface area contributed by atoms with E-state index in [0.717, 1.165) is 44.9 Å². The van der Waals surface area contributed by atoms with Gasteiger partial charge in [-0.05, 0) is 26.5 Å². The van der Waals surface area contributed by atoms with Gasteiger partial charge < -0.3 is 4.74 Å². The van der Waals surface area contributed by atoms with Crippen LogP contribution in [0, 0.1) is 6.92 Å². The van der Waals surface area contributed by atoms with Crippen molar-refractivity contribution < 1.29 is 4.74 Å². The normalized spacial score (nSPS) is 22.1. The molecule has 1 aliphatic heterocycles. The number of aromatic nitrogens is 2. The summed E-state index contributed by atoms with van der Waals surface area (Å²) in [6.45, 7) is 11.0. The van der Waals surface area contributed by atoms with Crippen LogP contribution in [0.2, 0.25) is 0 Å². The van der Waals surface area contributed by atoms with Crippen LogP contribution < -0.4 is 11.3 Å². The summed E-state index contributed by atoms with van der Waals surface area (Å²) in [4.78, 5) is 2.40. The van der Waals surface area contributed by atoms with Crippen molar-refractivity contribution in [1.82, 2.24) is 20.1 Å². The minimum absolute atomic E-state index is 0.116. The molecule has 20 heavy (non-hydrogen) atoms. The van der Waals surface area contributed by atoms with Crippen molar-refractivity contribution >= 4 is 0 Å². The topological polar surface area (TPSA) is 68.3 Å². The van der Waals surface area contributed by atoms with Crippen molar-refractivity contribution in [3.05, 3.63) is 17.5 Å². The van der Waals surface area contributed by atoms with Gasteiger partial charge >= 0.3 is 0 Å². The first kappa shape index (κ1) is 15.4. The van der Waals surface area contributed by atoms with Crippen LogP contribution in [0.25, 0.3) is 0 Å². The van der Waals surface area contributed by atoms with Gasteiger partial charge in [-0.3, -0.25) is 20.9 Å². The lowest BCUT2D eigenvalue weighted by molar-refractivity contribution is -0.0450. The lowest BCUT2D eigenvalue weighted by Gasteiger charge is -2.36. The Morgan fingerprint density at radius 1 is 1.50 bits per heavy atom. The van der Waals surface area contributed by atoms with Crippen LogP contribution in [0.3, 0.4) is 0 Å². The maximum absolute atomic E-state index is 5.90. The molecule has 1 aromatic rings. The Bertz CT molecular complexity index is 420. The van der Waals surface area contributed by atoms with Gasteiger partial charge in [-0.15, -0.1) is 0 Å². The molecule has 1 fully saturated rings. The Hall–Kier alpha value is -0.950.